The van der Waals surface area contributed by atoms with Gasteiger partial charge in [0.15, 0.2) is 0 Å². The Hall–Kier alpha value is -0.400. The molecule has 0 atom stereocenters. The Morgan fingerprint density at radius 3 is 2.18 bits per heavy atom. The molecular weight excluding hydrogens is 181 g/mol. The molecule has 1 aromatic carbocycles. The van der Waals surface area contributed by atoms with E-state index in [1.165, 1.54) is 0 Å². The monoisotopic (exact) mass is 189 g/mol. The largest absolute Gasteiger partial charge is 0.378 e. The van der Waals surface area contributed by atoms with E-state index in [0.717, 1.165) is 5.69 Å². The van der Waals surface area contributed by atoms with Crippen LogP contribution >= 0.6 is 23.2 Å². The minimum Gasteiger partial charge on any atom is -0.378 e. The van der Waals surface area contributed by atoms with Crippen molar-refractivity contribution in [2.24, 2.45) is 0 Å². The van der Waals surface area contributed by atoms with Gasteiger partial charge in [-0.2, -0.15) is 0 Å². The lowest BCUT2D eigenvalue weighted by Gasteiger charge is -2.12. The van der Waals surface area contributed by atoms with Crippen LogP contribution in [0.15, 0.2) is 18.2 Å². The second-order valence-corrected chi connectivity index (χ2v) is 3.31. The number of hydrogen-bond donors (Lipinski definition) is 0. The summed E-state index contributed by atoms with van der Waals surface area (Å²) in [7, 11) is 3.92. The fourth-order valence-corrected chi connectivity index (χ4v) is 1.06. The Kier molecular flexibility index (Phi) is 2.63. The first-order valence-corrected chi connectivity index (χ1v) is 3.99. The SMILES string of the molecule is CN(C)c1ccc(Cl)c(Cl)c1. The van der Waals surface area contributed by atoms with Crippen LogP contribution in [0.5, 0.6) is 0 Å². The molecule has 0 aliphatic carbocycles. The molecule has 0 aliphatic rings. The zero-order valence-electron chi connectivity index (χ0n) is 6.44. The maximum atomic E-state index is 5.80. The van der Waals surface area contributed by atoms with Gasteiger partial charge in [0, 0.05) is 19.8 Å². The second kappa shape index (κ2) is 3.33. The van der Waals surface area contributed by atoms with Crippen molar-refractivity contribution in [1.29, 1.82) is 0 Å². The molecule has 0 amide bonds. The van der Waals surface area contributed by atoms with E-state index in [1.54, 1.807) is 6.07 Å². The lowest BCUT2D eigenvalue weighted by Crippen LogP contribution is -2.07. The van der Waals surface area contributed by atoms with E-state index in [0.29, 0.717) is 10.0 Å². The van der Waals surface area contributed by atoms with Crippen LogP contribution in [0, 0.1) is 0 Å². The van der Waals surface area contributed by atoms with E-state index in [9.17, 15) is 0 Å². The second-order valence-electron chi connectivity index (χ2n) is 2.49. The van der Waals surface area contributed by atoms with Gasteiger partial charge in [0.25, 0.3) is 0 Å². The molecule has 11 heavy (non-hydrogen) atoms. The third-order valence-corrected chi connectivity index (χ3v) is 2.16. The van der Waals surface area contributed by atoms with E-state index < -0.39 is 0 Å². The topological polar surface area (TPSA) is 3.24 Å². The number of rotatable bonds is 1. The lowest BCUT2D eigenvalue weighted by atomic mass is 10.3. The summed E-state index contributed by atoms with van der Waals surface area (Å²) in [5.41, 5.74) is 1.06. The predicted octanol–water partition coefficient (Wildman–Crippen LogP) is 3.06. The van der Waals surface area contributed by atoms with E-state index in [1.807, 2.05) is 31.1 Å². The molecule has 60 valence electrons. The van der Waals surface area contributed by atoms with Gasteiger partial charge in [-0.15, -0.1) is 0 Å². The molecule has 0 spiro atoms. The quantitative estimate of drug-likeness (QED) is 0.657. The Bertz CT molecular complexity index is 258. The minimum absolute atomic E-state index is 0.595. The van der Waals surface area contributed by atoms with Gasteiger partial charge in [0.1, 0.15) is 0 Å². The summed E-state index contributed by atoms with van der Waals surface area (Å²) in [6.07, 6.45) is 0. The number of nitrogens with zero attached hydrogens (tertiary/aromatic N) is 1. The minimum atomic E-state index is 0.595. The van der Waals surface area contributed by atoms with Gasteiger partial charge in [0.05, 0.1) is 10.0 Å². The van der Waals surface area contributed by atoms with Gasteiger partial charge in [-0.05, 0) is 18.2 Å². The molecule has 1 nitrogen and oxygen atoms in total. The van der Waals surface area contributed by atoms with Crippen molar-refractivity contribution >= 4 is 28.9 Å². The molecule has 0 saturated carbocycles. The van der Waals surface area contributed by atoms with Crippen LogP contribution in [0.2, 0.25) is 10.0 Å². The van der Waals surface area contributed by atoms with Crippen molar-refractivity contribution in [2.75, 3.05) is 19.0 Å². The summed E-state index contributed by atoms with van der Waals surface area (Å²) in [6.45, 7) is 0. The van der Waals surface area contributed by atoms with Gasteiger partial charge in [0.2, 0.25) is 0 Å². The normalized spacial score (nSPS) is 9.82. The van der Waals surface area contributed by atoms with Crippen LogP contribution in [0.3, 0.4) is 0 Å². The summed E-state index contributed by atoms with van der Waals surface area (Å²) >= 11 is 11.5. The maximum absolute atomic E-state index is 5.80. The van der Waals surface area contributed by atoms with Crippen molar-refractivity contribution in [3.63, 3.8) is 0 Å². The molecule has 0 heterocycles. The molecule has 0 bridgehead atoms. The van der Waals surface area contributed by atoms with E-state index in [-0.39, 0.29) is 0 Å². The van der Waals surface area contributed by atoms with Crippen LogP contribution in [0.1, 0.15) is 0 Å². The molecule has 0 saturated heterocycles. The Balaban J connectivity index is 3.05. The van der Waals surface area contributed by atoms with E-state index in [2.05, 4.69) is 0 Å². The fraction of sp³-hybridized carbons (Fsp3) is 0.250. The first-order chi connectivity index (χ1) is 5.11. The lowest BCUT2D eigenvalue weighted by molar-refractivity contribution is 1.13. The molecule has 0 radical (unpaired) electrons. The van der Waals surface area contributed by atoms with Gasteiger partial charge in [-0.1, -0.05) is 23.2 Å². The average molecular weight is 190 g/mol. The molecule has 1 rings (SSSR count). The van der Waals surface area contributed by atoms with Crippen LogP contribution in [-0.4, -0.2) is 14.1 Å². The standard InChI is InChI=1S/C8H9Cl2N/c1-11(2)6-3-4-7(9)8(10)5-6/h3-5H,1-2H3. The average Bonchev–Trinajstić information content (AvgIpc) is 1.94. The molecular formula is C8H9Cl2N. The van der Waals surface area contributed by atoms with Crippen LogP contribution in [0.25, 0.3) is 0 Å². The number of anilines is 1. The molecule has 3 heteroatoms. The molecule has 0 fully saturated rings. The molecule has 0 aromatic heterocycles. The van der Waals surface area contributed by atoms with Crippen molar-refractivity contribution in [3.8, 4) is 0 Å². The van der Waals surface area contributed by atoms with Crippen LogP contribution in [0.4, 0.5) is 5.69 Å². The van der Waals surface area contributed by atoms with Crippen LogP contribution < -0.4 is 4.90 Å². The molecule has 0 N–H and O–H groups in total. The van der Waals surface area contributed by atoms with E-state index in [4.69, 9.17) is 23.2 Å². The van der Waals surface area contributed by atoms with Gasteiger partial charge in [-0.3, -0.25) is 0 Å². The summed E-state index contributed by atoms with van der Waals surface area (Å²) < 4.78 is 0. The highest BCUT2D eigenvalue weighted by Crippen LogP contribution is 2.25. The predicted molar refractivity (Wildman–Crippen MR) is 50.8 cm³/mol. The first-order valence-electron chi connectivity index (χ1n) is 3.23. The summed E-state index contributed by atoms with van der Waals surface area (Å²) in [4.78, 5) is 1.97. The zero-order chi connectivity index (χ0) is 8.43. The number of halogens is 2. The van der Waals surface area contributed by atoms with Gasteiger partial charge >= 0.3 is 0 Å². The summed E-state index contributed by atoms with van der Waals surface area (Å²) in [5, 5.41) is 1.19. The highest BCUT2D eigenvalue weighted by Gasteiger charge is 1.99. The smallest absolute Gasteiger partial charge is 0.0612 e. The maximum Gasteiger partial charge on any atom is 0.0612 e. The first kappa shape index (κ1) is 8.69. The highest BCUT2D eigenvalue weighted by atomic mass is 35.5. The summed E-state index contributed by atoms with van der Waals surface area (Å²) in [6, 6.07) is 5.55. The van der Waals surface area contributed by atoms with Crippen molar-refractivity contribution in [3.05, 3.63) is 28.2 Å². The Labute approximate surface area is 76.5 Å². The number of benzene rings is 1. The van der Waals surface area contributed by atoms with Gasteiger partial charge < -0.3 is 4.90 Å². The molecule has 0 aliphatic heterocycles. The molecule has 0 unspecified atom stereocenters. The third-order valence-electron chi connectivity index (χ3n) is 1.42. The summed E-state index contributed by atoms with van der Waals surface area (Å²) in [5.74, 6) is 0. The fourth-order valence-electron chi connectivity index (χ4n) is 0.763. The zero-order valence-corrected chi connectivity index (χ0v) is 7.95. The van der Waals surface area contributed by atoms with E-state index >= 15 is 0 Å². The van der Waals surface area contributed by atoms with Crippen molar-refractivity contribution < 1.29 is 0 Å². The molecule has 1 aromatic rings. The Morgan fingerprint density at radius 2 is 1.73 bits per heavy atom. The third kappa shape index (κ3) is 2.01. The highest BCUT2D eigenvalue weighted by molar-refractivity contribution is 6.42. The number of hydrogen-bond acceptors (Lipinski definition) is 1. The van der Waals surface area contributed by atoms with Crippen molar-refractivity contribution in [1.82, 2.24) is 0 Å². The van der Waals surface area contributed by atoms with Crippen LogP contribution in [-0.2, 0) is 0 Å². The van der Waals surface area contributed by atoms with Gasteiger partial charge in [-0.25, -0.2) is 0 Å². The van der Waals surface area contributed by atoms with Crippen molar-refractivity contribution in [2.45, 2.75) is 0 Å². The Morgan fingerprint density at radius 1 is 1.09 bits per heavy atom.